The highest BCUT2D eigenvalue weighted by Gasteiger charge is 2.67. The predicted molar refractivity (Wildman–Crippen MR) is 122 cm³/mol. The molecule has 2 bridgehead atoms. The Labute approximate surface area is 197 Å². The van der Waals surface area contributed by atoms with Gasteiger partial charge in [-0.05, 0) is 48.7 Å². The van der Waals surface area contributed by atoms with Crippen molar-refractivity contribution < 1.29 is 23.9 Å². The van der Waals surface area contributed by atoms with Crippen LogP contribution in [-0.2, 0) is 14.3 Å². The van der Waals surface area contributed by atoms with Gasteiger partial charge in [0.15, 0.2) is 0 Å². The van der Waals surface area contributed by atoms with Crippen LogP contribution in [0.4, 0.5) is 11.4 Å². The number of ether oxygens (including phenoxy) is 2. The summed E-state index contributed by atoms with van der Waals surface area (Å²) in [6, 6.07) is 11.6. The predicted octanol–water partition coefficient (Wildman–Crippen LogP) is 4.11. The molecule has 2 aromatic rings. The van der Waals surface area contributed by atoms with E-state index in [0.29, 0.717) is 27.7 Å². The van der Waals surface area contributed by atoms with Crippen LogP contribution in [0.2, 0.25) is 5.02 Å². The van der Waals surface area contributed by atoms with E-state index in [4.69, 9.17) is 21.1 Å². The Morgan fingerprint density at radius 1 is 1.16 bits per heavy atom. The third-order valence-corrected chi connectivity index (χ3v) is 8.06. The van der Waals surface area contributed by atoms with Crippen LogP contribution >= 0.6 is 27.5 Å². The summed E-state index contributed by atoms with van der Waals surface area (Å²) in [5.74, 6) is -1.07. The highest BCUT2D eigenvalue weighted by atomic mass is 79.9. The molecule has 1 aliphatic heterocycles. The van der Waals surface area contributed by atoms with Gasteiger partial charge in [0.25, 0.3) is 5.91 Å². The van der Waals surface area contributed by atoms with E-state index in [-0.39, 0.29) is 46.5 Å². The zero-order chi connectivity index (χ0) is 22.6. The Morgan fingerprint density at radius 3 is 2.75 bits per heavy atom. The van der Waals surface area contributed by atoms with Gasteiger partial charge in [0.2, 0.25) is 5.91 Å². The fourth-order valence-corrected chi connectivity index (χ4v) is 6.48. The summed E-state index contributed by atoms with van der Waals surface area (Å²) in [6.45, 7) is 0. The fraction of sp³-hybridized carbons (Fsp3) is 0.348. The van der Waals surface area contributed by atoms with Crippen molar-refractivity contribution in [3.63, 3.8) is 0 Å². The number of alkyl halides is 1. The highest BCUT2D eigenvalue weighted by Crippen LogP contribution is 2.60. The van der Waals surface area contributed by atoms with Gasteiger partial charge >= 0.3 is 5.97 Å². The summed E-state index contributed by atoms with van der Waals surface area (Å²) in [4.78, 5) is 38.2. The molecule has 2 aliphatic carbocycles. The van der Waals surface area contributed by atoms with E-state index in [1.54, 1.807) is 42.5 Å². The summed E-state index contributed by atoms with van der Waals surface area (Å²) in [7, 11) is 1.50. The summed E-state index contributed by atoms with van der Waals surface area (Å²) in [5.41, 5.74) is 1.29. The lowest BCUT2D eigenvalue weighted by Gasteiger charge is -2.27. The van der Waals surface area contributed by atoms with Gasteiger partial charge in [-0.3, -0.25) is 14.4 Å². The Hall–Kier alpha value is -2.58. The fourth-order valence-electron chi connectivity index (χ4n) is 5.27. The largest absolute Gasteiger partial charge is 0.495 e. The molecule has 6 atom stereocenters. The maximum Gasteiger partial charge on any atom is 0.310 e. The van der Waals surface area contributed by atoms with E-state index < -0.39 is 5.92 Å². The molecule has 0 aromatic heterocycles. The van der Waals surface area contributed by atoms with E-state index in [9.17, 15) is 14.4 Å². The monoisotopic (exact) mass is 518 g/mol. The number of anilines is 2. The maximum absolute atomic E-state index is 13.1. The van der Waals surface area contributed by atoms with E-state index in [1.165, 1.54) is 7.11 Å². The van der Waals surface area contributed by atoms with Crippen LogP contribution in [0.1, 0.15) is 16.8 Å². The summed E-state index contributed by atoms with van der Waals surface area (Å²) in [5, 5.41) is 6.13. The molecule has 0 radical (unpaired) electrons. The number of benzene rings is 2. The molecule has 1 heterocycles. The van der Waals surface area contributed by atoms with Gasteiger partial charge in [0.1, 0.15) is 11.9 Å². The van der Waals surface area contributed by atoms with Crippen molar-refractivity contribution in [2.45, 2.75) is 17.4 Å². The number of amides is 2. The van der Waals surface area contributed by atoms with Gasteiger partial charge in [-0.2, -0.15) is 0 Å². The second-order valence-corrected chi connectivity index (χ2v) is 9.82. The number of carbonyl (C=O) groups excluding carboxylic acids is 3. The van der Waals surface area contributed by atoms with E-state index >= 15 is 0 Å². The van der Waals surface area contributed by atoms with Crippen molar-refractivity contribution in [3.05, 3.63) is 53.1 Å². The van der Waals surface area contributed by atoms with Gasteiger partial charge in [0.05, 0.1) is 29.5 Å². The van der Waals surface area contributed by atoms with Gasteiger partial charge in [0, 0.05) is 22.2 Å². The van der Waals surface area contributed by atoms with Gasteiger partial charge in [-0.25, -0.2) is 0 Å². The minimum absolute atomic E-state index is 0.00395. The molecule has 2 N–H and O–H groups in total. The summed E-state index contributed by atoms with van der Waals surface area (Å²) < 4.78 is 10.7. The van der Waals surface area contributed by atoms with Crippen LogP contribution in [0.5, 0.6) is 5.75 Å². The molecule has 0 spiro atoms. The zero-order valence-corrected chi connectivity index (χ0v) is 19.4. The van der Waals surface area contributed by atoms with Gasteiger partial charge < -0.3 is 20.1 Å². The lowest BCUT2D eigenvalue weighted by molar-refractivity contribution is -0.145. The second-order valence-electron chi connectivity index (χ2n) is 8.33. The molecule has 9 heteroatoms. The molecule has 0 unspecified atom stereocenters. The molecular weight excluding hydrogens is 500 g/mol. The number of nitrogens with one attached hydrogen (secondary N) is 2. The number of rotatable bonds is 5. The van der Waals surface area contributed by atoms with Crippen molar-refractivity contribution >= 4 is 56.7 Å². The lowest BCUT2D eigenvalue weighted by atomic mass is 9.79. The molecule has 2 saturated carbocycles. The van der Waals surface area contributed by atoms with Crippen LogP contribution in [0.3, 0.4) is 0 Å². The molecule has 32 heavy (non-hydrogen) atoms. The molecule has 1 saturated heterocycles. The number of esters is 1. The SMILES string of the molecule is COc1ccc(Cl)cc1NC(=O)c1cccc(NC(=O)[C@@H]2[C@H]3C[C@H]4[C@H](OC(=O)[C@H]42)[C@@H]3Br)c1. The van der Waals surface area contributed by atoms with Crippen molar-refractivity contribution in [1.29, 1.82) is 0 Å². The van der Waals surface area contributed by atoms with Gasteiger partial charge in [-0.1, -0.05) is 33.6 Å². The number of methoxy groups -OCH3 is 1. The Morgan fingerprint density at radius 2 is 1.97 bits per heavy atom. The minimum atomic E-state index is -0.441. The second kappa shape index (κ2) is 8.08. The first kappa shape index (κ1) is 21.3. The molecular formula is C23H20BrClN2O5. The Bertz CT molecular complexity index is 1130. The molecule has 3 fully saturated rings. The third kappa shape index (κ3) is 3.46. The number of fused-ring (bicyclic) bond motifs is 1. The molecule has 166 valence electrons. The van der Waals surface area contributed by atoms with E-state index in [2.05, 4.69) is 26.6 Å². The normalized spacial score (nSPS) is 29.5. The third-order valence-electron chi connectivity index (χ3n) is 6.63. The minimum Gasteiger partial charge on any atom is -0.495 e. The van der Waals surface area contributed by atoms with Gasteiger partial charge in [-0.15, -0.1) is 0 Å². The molecule has 2 aromatic carbocycles. The average molecular weight is 520 g/mol. The van der Waals surface area contributed by atoms with Crippen LogP contribution in [-0.4, -0.2) is 35.8 Å². The van der Waals surface area contributed by atoms with Crippen LogP contribution < -0.4 is 15.4 Å². The van der Waals surface area contributed by atoms with Crippen molar-refractivity contribution in [1.82, 2.24) is 0 Å². The molecule has 3 aliphatic rings. The Kier molecular flexibility index (Phi) is 5.37. The standard InChI is InChI=1S/C23H20BrClN2O5/c1-31-16-6-5-11(25)8-15(16)27-21(28)10-3-2-4-12(7-10)26-22(29)17-13-9-14-18(17)23(30)32-20(14)19(13)24/h2-8,13-14,17-20H,9H2,1H3,(H,26,29)(H,27,28)/t13-,14-,17-,18-,19-,20+/m1/s1. The smallest absolute Gasteiger partial charge is 0.310 e. The van der Waals surface area contributed by atoms with E-state index in [1.807, 2.05) is 0 Å². The number of hydrogen-bond donors (Lipinski definition) is 2. The lowest BCUT2D eigenvalue weighted by Crippen LogP contribution is -2.40. The topological polar surface area (TPSA) is 93.7 Å². The maximum atomic E-state index is 13.1. The van der Waals surface area contributed by atoms with Crippen LogP contribution in [0.15, 0.2) is 42.5 Å². The van der Waals surface area contributed by atoms with Crippen LogP contribution in [0.25, 0.3) is 0 Å². The first-order valence-corrected chi connectivity index (χ1v) is 11.6. The summed E-state index contributed by atoms with van der Waals surface area (Å²) >= 11 is 9.65. The number of hydrogen-bond acceptors (Lipinski definition) is 5. The molecule has 7 nitrogen and oxygen atoms in total. The molecule has 2 amide bonds. The first-order valence-electron chi connectivity index (χ1n) is 10.3. The number of carbonyl (C=O) groups is 3. The average Bonchev–Trinajstić information content (AvgIpc) is 3.38. The molecule has 5 rings (SSSR count). The van der Waals surface area contributed by atoms with Crippen molar-refractivity contribution in [2.24, 2.45) is 23.7 Å². The quantitative estimate of drug-likeness (QED) is 0.458. The summed E-state index contributed by atoms with van der Waals surface area (Å²) in [6.07, 6.45) is 0.677. The van der Waals surface area contributed by atoms with Crippen molar-refractivity contribution in [3.8, 4) is 5.75 Å². The highest BCUT2D eigenvalue weighted by molar-refractivity contribution is 9.09. The van der Waals surface area contributed by atoms with Crippen LogP contribution in [0, 0.1) is 23.7 Å². The zero-order valence-electron chi connectivity index (χ0n) is 17.0. The first-order chi connectivity index (χ1) is 15.4. The van der Waals surface area contributed by atoms with E-state index in [0.717, 1.165) is 6.42 Å². The van der Waals surface area contributed by atoms with Crippen molar-refractivity contribution in [2.75, 3.05) is 17.7 Å². The Balaban J connectivity index is 1.32. The number of halogens is 2.